The van der Waals surface area contributed by atoms with Crippen molar-refractivity contribution in [1.82, 2.24) is 10.2 Å². The number of fused-ring (bicyclic) bond motifs is 1. The van der Waals surface area contributed by atoms with Gasteiger partial charge in [-0.15, -0.1) is 0 Å². The van der Waals surface area contributed by atoms with E-state index in [0.29, 0.717) is 38.3 Å². The van der Waals surface area contributed by atoms with Crippen LogP contribution in [0.5, 0.6) is 0 Å². The first-order valence-electron chi connectivity index (χ1n) is 9.81. The van der Waals surface area contributed by atoms with Crippen molar-refractivity contribution in [3.63, 3.8) is 0 Å². The molecule has 0 bridgehead atoms. The van der Waals surface area contributed by atoms with E-state index in [1.54, 1.807) is 18.2 Å². The molecule has 0 spiro atoms. The lowest BCUT2D eigenvalue weighted by molar-refractivity contribution is -0.136. The molecule has 29 heavy (non-hydrogen) atoms. The highest BCUT2D eigenvalue weighted by Crippen LogP contribution is 2.32. The largest absolute Gasteiger partial charge is 0.396 e. The van der Waals surface area contributed by atoms with Gasteiger partial charge in [0.2, 0.25) is 11.8 Å². The van der Waals surface area contributed by atoms with E-state index >= 15 is 0 Å². The number of imide groups is 2. The van der Waals surface area contributed by atoms with Crippen LogP contribution >= 0.6 is 0 Å². The maximum atomic E-state index is 12.9. The summed E-state index contributed by atoms with van der Waals surface area (Å²) >= 11 is 0. The van der Waals surface area contributed by atoms with E-state index in [4.69, 9.17) is 9.84 Å². The first-order valence-corrected chi connectivity index (χ1v) is 9.81. The number of nitrogens with one attached hydrogen (secondary N) is 2. The molecular weight excluding hydrogens is 378 g/mol. The van der Waals surface area contributed by atoms with Crippen LogP contribution in [0.15, 0.2) is 18.2 Å². The molecule has 1 saturated heterocycles. The van der Waals surface area contributed by atoms with Crippen LogP contribution in [-0.4, -0.2) is 66.0 Å². The average Bonchev–Trinajstić information content (AvgIpc) is 2.95. The molecule has 156 valence electrons. The van der Waals surface area contributed by atoms with Crippen LogP contribution in [0.1, 0.15) is 52.8 Å². The lowest BCUT2D eigenvalue weighted by Crippen LogP contribution is -2.54. The molecule has 0 aliphatic carbocycles. The van der Waals surface area contributed by atoms with Gasteiger partial charge in [-0.3, -0.25) is 29.4 Å². The van der Waals surface area contributed by atoms with E-state index in [0.717, 1.165) is 11.3 Å². The number of aliphatic hydroxyl groups is 1. The molecule has 4 amide bonds. The van der Waals surface area contributed by atoms with Crippen LogP contribution in [0.25, 0.3) is 0 Å². The van der Waals surface area contributed by atoms with E-state index in [-0.39, 0.29) is 30.6 Å². The number of carbonyl (C=O) groups excluding carboxylic acids is 4. The molecule has 1 aromatic rings. The second-order valence-electron chi connectivity index (χ2n) is 7.00. The van der Waals surface area contributed by atoms with Crippen molar-refractivity contribution in [2.24, 2.45) is 0 Å². The molecule has 0 saturated carbocycles. The Kier molecular flexibility index (Phi) is 6.95. The number of aliphatic hydroxyl groups excluding tert-OH is 1. The highest BCUT2D eigenvalue weighted by molar-refractivity contribution is 6.25. The van der Waals surface area contributed by atoms with Gasteiger partial charge in [-0.05, 0) is 37.8 Å². The van der Waals surface area contributed by atoms with Gasteiger partial charge in [0.25, 0.3) is 11.8 Å². The molecule has 1 aromatic carbocycles. The maximum Gasteiger partial charge on any atom is 0.264 e. The fourth-order valence-electron chi connectivity index (χ4n) is 3.48. The van der Waals surface area contributed by atoms with Crippen LogP contribution in [0, 0.1) is 0 Å². The van der Waals surface area contributed by atoms with E-state index in [1.165, 1.54) is 0 Å². The first-order chi connectivity index (χ1) is 14.0. The molecule has 0 aromatic heterocycles. The van der Waals surface area contributed by atoms with Crippen LogP contribution in [0.2, 0.25) is 0 Å². The molecule has 0 radical (unpaired) electrons. The van der Waals surface area contributed by atoms with E-state index in [2.05, 4.69) is 10.6 Å². The Labute approximate surface area is 168 Å². The predicted octanol–water partition coefficient (Wildman–Crippen LogP) is 0.679. The first kappa shape index (κ1) is 20.9. The Morgan fingerprint density at radius 3 is 2.66 bits per heavy atom. The number of rotatable bonds is 10. The summed E-state index contributed by atoms with van der Waals surface area (Å²) in [5, 5.41) is 14.1. The summed E-state index contributed by atoms with van der Waals surface area (Å²) in [5.41, 5.74) is 1.05. The zero-order chi connectivity index (χ0) is 20.8. The van der Waals surface area contributed by atoms with Crippen molar-refractivity contribution in [3.8, 4) is 0 Å². The van der Waals surface area contributed by atoms with Crippen molar-refractivity contribution in [3.05, 3.63) is 29.3 Å². The number of hydrogen-bond donors (Lipinski definition) is 3. The van der Waals surface area contributed by atoms with Crippen molar-refractivity contribution in [2.75, 3.05) is 31.7 Å². The van der Waals surface area contributed by atoms with Crippen LogP contribution in [-0.2, 0) is 14.3 Å². The normalized spacial score (nSPS) is 18.8. The fourth-order valence-corrected chi connectivity index (χ4v) is 3.48. The van der Waals surface area contributed by atoms with Crippen molar-refractivity contribution in [2.45, 2.75) is 38.1 Å². The van der Waals surface area contributed by atoms with Crippen molar-refractivity contribution in [1.29, 1.82) is 0 Å². The summed E-state index contributed by atoms with van der Waals surface area (Å²) in [7, 11) is 0. The molecule has 1 fully saturated rings. The van der Waals surface area contributed by atoms with Gasteiger partial charge in [-0.25, -0.2) is 0 Å². The molecular formula is C20H25N3O6. The summed E-state index contributed by atoms with van der Waals surface area (Å²) in [6, 6.07) is 4.00. The molecule has 1 atom stereocenters. The van der Waals surface area contributed by atoms with Gasteiger partial charge in [-0.2, -0.15) is 0 Å². The number of amides is 4. The Bertz CT molecular complexity index is 809. The minimum absolute atomic E-state index is 0.0905. The maximum absolute atomic E-state index is 12.9. The molecule has 9 heteroatoms. The Morgan fingerprint density at radius 1 is 1.10 bits per heavy atom. The smallest absolute Gasteiger partial charge is 0.264 e. The molecule has 1 unspecified atom stereocenters. The standard InChI is InChI=1S/C20H25N3O6/c24-10-1-2-11-29-12-4-9-21-14-6-3-5-13-17(14)20(28)23(19(13)27)15-7-8-16(25)22-18(15)26/h3,5-6,15,21,24H,1-2,4,7-12H2,(H,22,25,26). The average molecular weight is 403 g/mol. The van der Waals surface area contributed by atoms with Gasteiger partial charge in [0.05, 0.1) is 11.1 Å². The van der Waals surface area contributed by atoms with Crippen LogP contribution in [0.3, 0.4) is 0 Å². The molecule has 2 aliphatic rings. The number of piperidine rings is 1. The Morgan fingerprint density at radius 2 is 1.90 bits per heavy atom. The zero-order valence-corrected chi connectivity index (χ0v) is 16.1. The second kappa shape index (κ2) is 9.62. The van der Waals surface area contributed by atoms with E-state index in [1.807, 2.05) is 0 Å². The molecule has 9 nitrogen and oxygen atoms in total. The molecule has 2 aliphatic heterocycles. The number of hydrogen-bond acceptors (Lipinski definition) is 7. The third-order valence-corrected chi connectivity index (χ3v) is 4.95. The Balaban J connectivity index is 1.61. The molecule has 3 N–H and O–H groups in total. The highest BCUT2D eigenvalue weighted by Gasteiger charge is 2.45. The lowest BCUT2D eigenvalue weighted by atomic mass is 10.0. The number of carbonyl (C=O) groups is 4. The number of ether oxygens (including phenoxy) is 1. The number of nitrogens with zero attached hydrogens (tertiary/aromatic N) is 1. The monoisotopic (exact) mass is 403 g/mol. The minimum Gasteiger partial charge on any atom is -0.396 e. The predicted molar refractivity (Wildman–Crippen MR) is 103 cm³/mol. The minimum atomic E-state index is -0.972. The molecule has 2 heterocycles. The van der Waals surface area contributed by atoms with Crippen LogP contribution < -0.4 is 10.6 Å². The quantitative estimate of drug-likeness (QED) is 0.387. The second-order valence-corrected chi connectivity index (χ2v) is 7.00. The van der Waals surface area contributed by atoms with Gasteiger partial charge in [-0.1, -0.05) is 6.07 Å². The number of benzene rings is 1. The third-order valence-electron chi connectivity index (χ3n) is 4.95. The van der Waals surface area contributed by atoms with Gasteiger partial charge >= 0.3 is 0 Å². The Hall–Kier alpha value is -2.78. The summed E-state index contributed by atoms with van der Waals surface area (Å²) in [4.78, 5) is 50.2. The number of unbranched alkanes of at least 4 members (excludes halogenated alkanes) is 1. The van der Waals surface area contributed by atoms with Gasteiger partial charge < -0.3 is 15.2 Å². The summed E-state index contributed by atoms with van der Waals surface area (Å²) < 4.78 is 5.47. The van der Waals surface area contributed by atoms with Gasteiger partial charge in [0.1, 0.15) is 6.04 Å². The van der Waals surface area contributed by atoms with Crippen molar-refractivity contribution < 1.29 is 29.0 Å². The lowest BCUT2D eigenvalue weighted by Gasteiger charge is -2.27. The van der Waals surface area contributed by atoms with Crippen molar-refractivity contribution >= 4 is 29.3 Å². The summed E-state index contributed by atoms with van der Waals surface area (Å²) in [5.74, 6) is -2.06. The molecule has 3 rings (SSSR count). The third kappa shape index (κ3) is 4.63. The fraction of sp³-hybridized carbons (Fsp3) is 0.500. The summed E-state index contributed by atoms with van der Waals surface area (Å²) in [6.45, 7) is 1.85. The summed E-state index contributed by atoms with van der Waals surface area (Å²) in [6.07, 6.45) is 2.46. The van der Waals surface area contributed by atoms with Gasteiger partial charge in [0.15, 0.2) is 0 Å². The zero-order valence-electron chi connectivity index (χ0n) is 16.1. The topological polar surface area (TPSA) is 125 Å². The number of anilines is 1. The van der Waals surface area contributed by atoms with Crippen LogP contribution in [0.4, 0.5) is 5.69 Å². The van der Waals surface area contributed by atoms with E-state index in [9.17, 15) is 19.2 Å². The van der Waals surface area contributed by atoms with E-state index < -0.39 is 29.7 Å². The highest BCUT2D eigenvalue weighted by atomic mass is 16.5. The van der Waals surface area contributed by atoms with Gasteiger partial charge in [0, 0.05) is 38.5 Å². The SMILES string of the molecule is O=C1CCC(N2C(=O)c3cccc(NCCCOCCCCO)c3C2=O)C(=O)N1.